The average Bonchev–Trinajstić information content (AvgIpc) is 3.09. The molecule has 2 aromatic rings. The number of thiophene rings is 1. The number of hydrogen-bond donors (Lipinski definition) is 1. The third kappa shape index (κ3) is 2.89. The van der Waals surface area contributed by atoms with Crippen molar-refractivity contribution in [2.45, 2.75) is 32.7 Å². The van der Waals surface area contributed by atoms with Gasteiger partial charge >= 0.3 is 0 Å². The zero-order valence-corrected chi connectivity index (χ0v) is 13.2. The van der Waals surface area contributed by atoms with E-state index in [9.17, 15) is 4.79 Å². The lowest BCUT2D eigenvalue weighted by Crippen LogP contribution is -2.39. The molecule has 3 heterocycles. The van der Waals surface area contributed by atoms with Crippen LogP contribution in [0.2, 0.25) is 0 Å². The Hall–Kier alpha value is -1.59. The lowest BCUT2D eigenvalue weighted by atomic mass is 10.1. The van der Waals surface area contributed by atoms with E-state index in [1.807, 2.05) is 36.0 Å². The molecule has 0 atom stereocenters. The molecule has 21 heavy (non-hydrogen) atoms. The van der Waals surface area contributed by atoms with E-state index < -0.39 is 0 Å². The molecule has 1 aliphatic heterocycles. The van der Waals surface area contributed by atoms with Gasteiger partial charge in [0.25, 0.3) is 5.91 Å². The summed E-state index contributed by atoms with van der Waals surface area (Å²) in [5.41, 5.74) is 1.88. The van der Waals surface area contributed by atoms with E-state index in [4.69, 9.17) is 4.74 Å². The number of ether oxygens (including phenoxy) is 1. The molecule has 0 spiro atoms. The number of aromatic nitrogens is 1. The molecule has 3 rings (SSSR count). The quantitative estimate of drug-likeness (QED) is 0.947. The molecule has 0 saturated carbocycles. The summed E-state index contributed by atoms with van der Waals surface area (Å²) in [6.45, 7) is 5.56. The van der Waals surface area contributed by atoms with Crippen LogP contribution in [0.25, 0.3) is 5.00 Å². The van der Waals surface area contributed by atoms with Crippen LogP contribution < -0.4 is 5.32 Å². The number of aryl methyl sites for hydroxylation is 1. The molecule has 1 N–H and O–H groups in total. The highest BCUT2D eigenvalue weighted by atomic mass is 32.1. The van der Waals surface area contributed by atoms with Crippen molar-refractivity contribution in [3.63, 3.8) is 0 Å². The molecule has 0 radical (unpaired) electrons. The van der Waals surface area contributed by atoms with E-state index in [0.29, 0.717) is 0 Å². The zero-order valence-electron chi connectivity index (χ0n) is 12.4. The fourth-order valence-electron chi connectivity index (χ4n) is 2.63. The van der Waals surface area contributed by atoms with Crippen LogP contribution >= 0.6 is 11.3 Å². The van der Waals surface area contributed by atoms with Crippen LogP contribution in [0, 0.1) is 13.8 Å². The monoisotopic (exact) mass is 304 g/mol. The summed E-state index contributed by atoms with van der Waals surface area (Å²) in [4.78, 5) is 13.9. The van der Waals surface area contributed by atoms with E-state index in [1.165, 1.54) is 4.88 Å². The number of carbonyl (C=O) groups is 1. The third-order valence-corrected chi connectivity index (χ3v) is 5.21. The van der Waals surface area contributed by atoms with Crippen LogP contribution in [-0.4, -0.2) is 29.7 Å². The average molecular weight is 304 g/mol. The second-order valence-electron chi connectivity index (χ2n) is 5.41. The third-order valence-electron chi connectivity index (χ3n) is 3.99. The lowest BCUT2D eigenvalue weighted by Gasteiger charge is -2.23. The number of nitrogens with one attached hydrogen (secondary N) is 1. The second-order valence-corrected chi connectivity index (χ2v) is 6.62. The topological polar surface area (TPSA) is 43.3 Å². The maximum atomic E-state index is 12.7. The van der Waals surface area contributed by atoms with Crippen LogP contribution in [0.4, 0.5) is 0 Å². The van der Waals surface area contributed by atoms with Crippen molar-refractivity contribution in [2.75, 3.05) is 13.2 Å². The molecule has 0 aliphatic carbocycles. The molecule has 2 aromatic heterocycles. The van der Waals surface area contributed by atoms with Crippen molar-refractivity contribution < 1.29 is 9.53 Å². The predicted molar refractivity (Wildman–Crippen MR) is 84.4 cm³/mol. The highest BCUT2D eigenvalue weighted by Crippen LogP contribution is 2.31. The molecule has 1 saturated heterocycles. The zero-order chi connectivity index (χ0) is 14.8. The largest absolute Gasteiger partial charge is 0.381 e. The first kappa shape index (κ1) is 14.4. The van der Waals surface area contributed by atoms with Gasteiger partial charge in [-0.05, 0) is 44.4 Å². The fraction of sp³-hybridized carbons (Fsp3) is 0.438. The van der Waals surface area contributed by atoms with Crippen LogP contribution in [0.5, 0.6) is 0 Å². The Morgan fingerprint density at radius 1 is 1.29 bits per heavy atom. The highest BCUT2D eigenvalue weighted by molar-refractivity contribution is 7.15. The predicted octanol–water partition coefficient (Wildman–Crippen LogP) is 3.06. The van der Waals surface area contributed by atoms with Crippen molar-refractivity contribution in [2.24, 2.45) is 0 Å². The summed E-state index contributed by atoms with van der Waals surface area (Å²) in [7, 11) is 0. The number of hydrogen-bond acceptors (Lipinski definition) is 3. The Morgan fingerprint density at radius 3 is 2.62 bits per heavy atom. The van der Waals surface area contributed by atoms with Gasteiger partial charge in [0.2, 0.25) is 0 Å². The van der Waals surface area contributed by atoms with E-state index in [0.717, 1.165) is 42.2 Å². The van der Waals surface area contributed by atoms with Crippen molar-refractivity contribution in [1.29, 1.82) is 0 Å². The van der Waals surface area contributed by atoms with Crippen LogP contribution in [0.1, 0.15) is 33.6 Å². The van der Waals surface area contributed by atoms with Gasteiger partial charge in [0.15, 0.2) is 0 Å². The summed E-state index contributed by atoms with van der Waals surface area (Å²) in [5.74, 6) is 0.0347. The Balaban J connectivity index is 1.88. The molecule has 1 amide bonds. The molecule has 0 aromatic carbocycles. The molecule has 0 unspecified atom stereocenters. The van der Waals surface area contributed by atoms with Gasteiger partial charge in [-0.1, -0.05) is 0 Å². The van der Waals surface area contributed by atoms with Gasteiger partial charge in [0, 0.05) is 36.5 Å². The van der Waals surface area contributed by atoms with Gasteiger partial charge in [-0.25, -0.2) is 0 Å². The number of carbonyl (C=O) groups excluding carboxylic acids is 1. The van der Waals surface area contributed by atoms with E-state index in [1.54, 1.807) is 11.3 Å². The molecule has 1 aliphatic rings. The lowest BCUT2D eigenvalue weighted by molar-refractivity contribution is 0.0696. The molecule has 5 heteroatoms. The van der Waals surface area contributed by atoms with Gasteiger partial charge in [0.1, 0.15) is 5.00 Å². The first-order valence-corrected chi connectivity index (χ1v) is 8.10. The van der Waals surface area contributed by atoms with Crippen molar-refractivity contribution >= 4 is 17.2 Å². The number of nitrogens with zero attached hydrogens (tertiary/aromatic N) is 1. The first-order valence-electron chi connectivity index (χ1n) is 7.28. The Kier molecular flexibility index (Phi) is 4.12. The molecule has 1 fully saturated rings. The molecule has 0 bridgehead atoms. The minimum atomic E-state index is 0.0347. The van der Waals surface area contributed by atoms with Gasteiger partial charge in [-0.2, -0.15) is 0 Å². The minimum Gasteiger partial charge on any atom is -0.381 e. The van der Waals surface area contributed by atoms with Gasteiger partial charge in [0.05, 0.1) is 5.56 Å². The maximum absolute atomic E-state index is 12.7. The molecule has 4 nitrogen and oxygen atoms in total. The summed E-state index contributed by atoms with van der Waals surface area (Å²) >= 11 is 1.67. The smallest absolute Gasteiger partial charge is 0.254 e. The van der Waals surface area contributed by atoms with E-state index >= 15 is 0 Å². The van der Waals surface area contributed by atoms with Crippen LogP contribution in [0.15, 0.2) is 24.5 Å². The minimum absolute atomic E-state index is 0.0347. The fourth-order valence-corrected chi connectivity index (χ4v) is 3.75. The normalized spacial score (nSPS) is 16.1. The highest BCUT2D eigenvalue weighted by Gasteiger charge is 2.23. The Labute approximate surface area is 128 Å². The Morgan fingerprint density at radius 2 is 1.95 bits per heavy atom. The summed E-state index contributed by atoms with van der Waals surface area (Å²) in [6.07, 6.45) is 5.76. The summed E-state index contributed by atoms with van der Waals surface area (Å²) < 4.78 is 7.36. The summed E-state index contributed by atoms with van der Waals surface area (Å²) in [6, 6.07) is 4.18. The standard InChI is InChI=1S/C16H20N2O2S/c1-11-12(2)21-16(18-7-3-4-8-18)14(11)15(19)17-13-5-9-20-10-6-13/h3-4,7-8,13H,5-6,9-10H2,1-2H3,(H,17,19). The maximum Gasteiger partial charge on any atom is 0.254 e. The molecular weight excluding hydrogens is 284 g/mol. The van der Waals surface area contributed by atoms with Gasteiger partial charge in [-0.3, -0.25) is 4.79 Å². The van der Waals surface area contributed by atoms with Crippen molar-refractivity contribution in [3.8, 4) is 5.00 Å². The van der Waals surface area contributed by atoms with E-state index in [2.05, 4.69) is 12.2 Å². The van der Waals surface area contributed by atoms with Gasteiger partial charge in [-0.15, -0.1) is 11.3 Å². The second kappa shape index (κ2) is 6.03. The first-order chi connectivity index (χ1) is 10.2. The number of amides is 1. The van der Waals surface area contributed by atoms with E-state index in [-0.39, 0.29) is 11.9 Å². The van der Waals surface area contributed by atoms with Crippen LogP contribution in [0.3, 0.4) is 0 Å². The van der Waals surface area contributed by atoms with Gasteiger partial charge < -0.3 is 14.6 Å². The van der Waals surface area contributed by atoms with Crippen molar-refractivity contribution in [3.05, 3.63) is 40.5 Å². The molecule has 112 valence electrons. The van der Waals surface area contributed by atoms with Crippen LogP contribution in [-0.2, 0) is 4.74 Å². The number of rotatable bonds is 3. The van der Waals surface area contributed by atoms with Crippen molar-refractivity contribution in [1.82, 2.24) is 9.88 Å². The SMILES string of the molecule is Cc1sc(-n2cccc2)c(C(=O)NC2CCOCC2)c1C. The molecular formula is C16H20N2O2S. The Bertz CT molecular complexity index is 625. The summed E-state index contributed by atoms with van der Waals surface area (Å²) in [5, 5.41) is 4.17.